The third-order valence-electron chi connectivity index (χ3n) is 4.20. The zero-order valence-corrected chi connectivity index (χ0v) is 19.2. The molecule has 1 atom stereocenters. The molecule has 0 aromatic carbocycles. The van der Waals surface area contributed by atoms with Crippen molar-refractivity contribution in [3.63, 3.8) is 0 Å². The predicted octanol–water partition coefficient (Wildman–Crippen LogP) is 3.48. The van der Waals surface area contributed by atoms with Crippen LogP contribution in [0, 0.1) is 5.92 Å². The second-order valence-corrected chi connectivity index (χ2v) is 7.53. The van der Waals surface area contributed by atoms with Gasteiger partial charge in [0.1, 0.15) is 5.01 Å². The van der Waals surface area contributed by atoms with Gasteiger partial charge >= 0.3 is 6.18 Å². The zero-order chi connectivity index (χ0) is 19.9. The van der Waals surface area contributed by atoms with Crippen molar-refractivity contribution in [1.29, 1.82) is 0 Å². The van der Waals surface area contributed by atoms with E-state index in [1.54, 1.807) is 0 Å². The molecule has 1 aliphatic heterocycles. The van der Waals surface area contributed by atoms with E-state index in [4.69, 9.17) is 0 Å². The second kappa shape index (κ2) is 11.8. The minimum Gasteiger partial charge on any atom is -0.357 e. The Balaban J connectivity index is 0.00000392. The van der Waals surface area contributed by atoms with Crippen LogP contribution < -0.4 is 10.6 Å². The van der Waals surface area contributed by atoms with Gasteiger partial charge in [0.25, 0.3) is 0 Å². The van der Waals surface area contributed by atoms with Crippen LogP contribution in [0.3, 0.4) is 0 Å². The van der Waals surface area contributed by atoms with Crippen LogP contribution in [0.25, 0.3) is 0 Å². The van der Waals surface area contributed by atoms with Crippen molar-refractivity contribution in [3.05, 3.63) is 16.1 Å². The Morgan fingerprint density at radius 1 is 1.43 bits per heavy atom. The number of hydrogen-bond acceptors (Lipinski definition) is 4. The summed E-state index contributed by atoms with van der Waals surface area (Å²) in [7, 11) is 0. The Morgan fingerprint density at radius 2 is 2.18 bits per heavy atom. The lowest BCUT2D eigenvalue weighted by atomic mass is 10.00. The molecule has 1 aromatic heterocycles. The fourth-order valence-corrected chi connectivity index (χ4v) is 3.59. The molecule has 0 spiro atoms. The standard InChI is InChI=1S/C17H26F3N5OS.HI/c1-3-21-16(23-9-14-24-13(11-27-14)17(18,19)20)22-7-6-15(26)25-8-4-5-12(2)10-25;/h11-12H,3-10H2,1-2H3,(H2,21,22,23);1H. The number of aliphatic imine (C=N–C) groups is 1. The molecule has 2 N–H and O–H groups in total. The number of amides is 1. The van der Waals surface area contributed by atoms with E-state index in [1.807, 2.05) is 11.8 Å². The highest BCUT2D eigenvalue weighted by molar-refractivity contribution is 14.0. The quantitative estimate of drug-likeness (QED) is 0.334. The Bertz CT molecular complexity index is 653. The number of guanidine groups is 1. The minimum absolute atomic E-state index is 0. The molecule has 0 saturated carbocycles. The van der Waals surface area contributed by atoms with E-state index in [2.05, 4.69) is 27.5 Å². The fraction of sp³-hybridized carbons (Fsp3) is 0.706. The van der Waals surface area contributed by atoms with Crippen molar-refractivity contribution in [1.82, 2.24) is 20.5 Å². The largest absolute Gasteiger partial charge is 0.434 e. The van der Waals surface area contributed by atoms with Crippen molar-refractivity contribution < 1.29 is 18.0 Å². The molecular weight excluding hydrogens is 506 g/mol. The molecular formula is C17H27F3IN5OS. The molecule has 0 radical (unpaired) electrons. The highest BCUT2D eigenvalue weighted by Gasteiger charge is 2.33. The maximum Gasteiger partial charge on any atom is 0.434 e. The average molecular weight is 533 g/mol. The van der Waals surface area contributed by atoms with E-state index in [1.165, 1.54) is 0 Å². The third kappa shape index (κ3) is 8.10. The van der Waals surface area contributed by atoms with Crippen molar-refractivity contribution in [2.45, 2.75) is 45.8 Å². The number of piperidine rings is 1. The molecule has 0 aliphatic carbocycles. The van der Waals surface area contributed by atoms with E-state index >= 15 is 0 Å². The molecule has 6 nitrogen and oxygen atoms in total. The van der Waals surface area contributed by atoms with Crippen LogP contribution in [0.4, 0.5) is 13.2 Å². The summed E-state index contributed by atoms with van der Waals surface area (Å²) in [5, 5.41) is 7.35. The van der Waals surface area contributed by atoms with Crippen LogP contribution in [-0.4, -0.2) is 47.9 Å². The van der Waals surface area contributed by atoms with Gasteiger partial charge in [-0.25, -0.2) is 9.98 Å². The number of aromatic nitrogens is 1. The smallest absolute Gasteiger partial charge is 0.357 e. The summed E-state index contributed by atoms with van der Waals surface area (Å²) in [4.78, 5) is 22.0. The van der Waals surface area contributed by atoms with Crippen LogP contribution in [0.15, 0.2) is 10.4 Å². The Kier molecular flexibility index (Phi) is 10.5. The van der Waals surface area contributed by atoms with E-state index in [0.717, 1.165) is 42.6 Å². The number of carbonyl (C=O) groups excluding carboxylic acids is 1. The second-order valence-electron chi connectivity index (χ2n) is 6.58. The van der Waals surface area contributed by atoms with Gasteiger partial charge in [-0.2, -0.15) is 13.2 Å². The topological polar surface area (TPSA) is 69.6 Å². The van der Waals surface area contributed by atoms with Crippen LogP contribution in [-0.2, 0) is 17.5 Å². The fourth-order valence-electron chi connectivity index (χ4n) is 2.86. The molecule has 1 aromatic rings. The van der Waals surface area contributed by atoms with Crippen LogP contribution in [0.2, 0.25) is 0 Å². The van der Waals surface area contributed by atoms with Gasteiger partial charge in [-0.15, -0.1) is 35.3 Å². The molecule has 2 rings (SSSR count). The Labute approximate surface area is 184 Å². The predicted molar refractivity (Wildman–Crippen MR) is 115 cm³/mol. The summed E-state index contributed by atoms with van der Waals surface area (Å²) >= 11 is 0.930. The van der Waals surface area contributed by atoms with Gasteiger partial charge in [0.15, 0.2) is 11.7 Å². The van der Waals surface area contributed by atoms with Crippen LogP contribution in [0.5, 0.6) is 0 Å². The average Bonchev–Trinajstić information content (AvgIpc) is 3.09. The number of nitrogens with one attached hydrogen (secondary N) is 2. The van der Waals surface area contributed by atoms with Gasteiger partial charge in [-0.05, 0) is 25.7 Å². The van der Waals surface area contributed by atoms with Crippen molar-refractivity contribution >= 4 is 47.2 Å². The first-order valence-corrected chi connectivity index (χ1v) is 9.99. The van der Waals surface area contributed by atoms with Crippen molar-refractivity contribution in [3.8, 4) is 0 Å². The first-order chi connectivity index (χ1) is 12.8. The molecule has 2 heterocycles. The van der Waals surface area contributed by atoms with Crippen LogP contribution in [0.1, 0.15) is 43.8 Å². The third-order valence-corrected chi connectivity index (χ3v) is 5.03. The molecule has 1 aliphatic rings. The van der Waals surface area contributed by atoms with Crippen LogP contribution >= 0.6 is 35.3 Å². The molecule has 0 bridgehead atoms. The summed E-state index contributed by atoms with van der Waals surface area (Å²) < 4.78 is 37.8. The van der Waals surface area contributed by atoms with E-state index in [0.29, 0.717) is 31.4 Å². The Hall–Kier alpha value is -1.11. The maximum absolute atomic E-state index is 12.6. The maximum atomic E-state index is 12.6. The van der Waals surface area contributed by atoms with Crippen molar-refractivity contribution in [2.75, 3.05) is 26.2 Å². The molecule has 11 heteroatoms. The Morgan fingerprint density at radius 3 is 2.79 bits per heavy atom. The van der Waals surface area contributed by atoms with Gasteiger partial charge in [0.05, 0.1) is 6.54 Å². The van der Waals surface area contributed by atoms with E-state index in [-0.39, 0.29) is 41.4 Å². The SMILES string of the molecule is CCNC(=NCc1nc(C(F)(F)F)cs1)NCCC(=O)N1CCCC(C)C1.I. The van der Waals surface area contributed by atoms with Crippen molar-refractivity contribution in [2.24, 2.45) is 10.9 Å². The number of thiazole rings is 1. The monoisotopic (exact) mass is 533 g/mol. The molecule has 1 unspecified atom stereocenters. The molecule has 160 valence electrons. The number of likely N-dealkylation sites (tertiary alicyclic amines) is 1. The number of carbonyl (C=O) groups is 1. The molecule has 1 fully saturated rings. The molecule has 28 heavy (non-hydrogen) atoms. The first kappa shape index (κ1) is 24.9. The van der Waals surface area contributed by atoms with E-state index < -0.39 is 11.9 Å². The molecule has 1 saturated heterocycles. The first-order valence-electron chi connectivity index (χ1n) is 9.11. The molecule has 1 amide bonds. The summed E-state index contributed by atoms with van der Waals surface area (Å²) in [5.74, 6) is 1.11. The summed E-state index contributed by atoms with van der Waals surface area (Å²) in [6, 6.07) is 0. The highest BCUT2D eigenvalue weighted by atomic mass is 127. The van der Waals surface area contributed by atoms with Gasteiger partial charge in [0, 0.05) is 38.0 Å². The van der Waals surface area contributed by atoms with E-state index in [9.17, 15) is 18.0 Å². The summed E-state index contributed by atoms with van der Waals surface area (Å²) in [6.45, 7) is 6.73. The number of hydrogen-bond donors (Lipinski definition) is 2. The lowest BCUT2D eigenvalue weighted by Gasteiger charge is -2.31. The van der Waals surface area contributed by atoms with Gasteiger partial charge in [0.2, 0.25) is 5.91 Å². The number of nitrogens with zero attached hydrogens (tertiary/aromatic N) is 3. The number of halogens is 4. The normalized spacial score (nSPS) is 17.8. The van der Waals surface area contributed by atoms with Gasteiger partial charge in [-0.3, -0.25) is 4.79 Å². The highest BCUT2D eigenvalue weighted by Crippen LogP contribution is 2.30. The number of rotatable bonds is 6. The minimum atomic E-state index is -4.44. The summed E-state index contributed by atoms with van der Waals surface area (Å²) in [6.07, 6.45) is -1.88. The lowest BCUT2D eigenvalue weighted by Crippen LogP contribution is -2.42. The lowest BCUT2D eigenvalue weighted by molar-refractivity contribution is -0.140. The van der Waals surface area contributed by atoms with Gasteiger partial charge < -0.3 is 15.5 Å². The number of alkyl halides is 3. The zero-order valence-electron chi connectivity index (χ0n) is 16.0. The van der Waals surface area contributed by atoms with Gasteiger partial charge in [-0.1, -0.05) is 6.92 Å². The summed E-state index contributed by atoms with van der Waals surface area (Å²) in [5.41, 5.74) is -0.892.